The van der Waals surface area contributed by atoms with Crippen molar-refractivity contribution in [1.82, 2.24) is 31.3 Å². The van der Waals surface area contributed by atoms with Gasteiger partial charge in [0.15, 0.2) is 10.2 Å². The summed E-state index contributed by atoms with van der Waals surface area (Å²) in [6, 6.07) is 9.94. The van der Waals surface area contributed by atoms with Gasteiger partial charge in [-0.1, -0.05) is 43.2 Å². The van der Waals surface area contributed by atoms with Crippen molar-refractivity contribution in [2.24, 2.45) is 10.2 Å². The highest BCUT2D eigenvalue weighted by atomic mass is 32.1. The first-order valence-electron chi connectivity index (χ1n) is 12.8. The predicted octanol–water partition coefficient (Wildman–Crippen LogP) is 2.67. The summed E-state index contributed by atoms with van der Waals surface area (Å²) >= 11 is 10.9. The molecule has 0 aromatic heterocycles. The summed E-state index contributed by atoms with van der Waals surface area (Å²) < 4.78 is 0. The molecule has 2 saturated heterocycles. The fourth-order valence-electron chi connectivity index (χ4n) is 4.34. The van der Waals surface area contributed by atoms with Gasteiger partial charge in [0.1, 0.15) is 5.71 Å². The first kappa shape index (κ1) is 27.4. The van der Waals surface area contributed by atoms with Crippen LogP contribution in [-0.4, -0.2) is 83.8 Å². The maximum absolute atomic E-state index is 5.45. The minimum absolute atomic E-state index is 0.506. The highest BCUT2D eigenvalue weighted by molar-refractivity contribution is 7.80. The molecule has 0 aliphatic carbocycles. The summed E-state index contributed by atoms with van der Waals surface area (Å²) in [5.74, 6) is 0. The Morgan fingerprint density at radius 1 is 0.743 bits per heavy atom. The molecule has 0 radical (unpaired) electrons. The quantitative estimate of drug-likeness (QED) is 0.215. The normalized spacial score (nSPS) is 18.1. The summed E-state index contributed by atoms with van der Waals surface area (Å²) in [4.78, 5) is 4.95. The van der Waals surface area contributed by atoms with Crippen LogP contribution in [0, 0.1) is 0 Å². The second-order valence-electron chi connectivity index (χ2n) is 9.06. The largest absolute Gasteiger partial charge is 0.360 e. The van der Waals surface area contributed by atoms with Crippen LogP contribution in [0.2, 0.25) is 0 Å². The fraction of sp³-hybridized carbons (Fsp3) is 0.600. The second-order valence-corrected chi connectivity index (χ2v) is 9.88. The number of nitrogens with one attached hydrogen (secondary N) is 4. The van der Waals surface area contributed by atoms with E-state index in [4.69, 9.17) is 24.4 Å². The van der Waals surface area contributed by atoms with E-state index in [1.165, 1.54) is 64.7 Å². The van der Waals surface area contributed by atoms with E-state index < -0.39 is 0 Å². The lowest BCUT2D eigenvalue weighted by molar-refractivity contribution is 0.232. The van der Waals surface area contributed by atoms with Crippen LogP contribution in [0.1, 0.15) is 51.0 Å². The molecule has 35 heavy (non-hydrogen) atoms. The molecule has 0 bridgehead atoms. The molecule has 3 rings (SSSR count). The van der Waals surface area contributed by atoms with E-state index in [2.05, 4.69) is 41.5 Å². The lowest BCUT2D eigenvalue weighted by Gasteiger charge is -2.26. The van der Waals surface area contributed by atoms with Crippen LogP contribution < -0.4 is 21.5 Å². The molecule has 2 fully saturated rings. The van der Waals surface area contributed by atoms with Crippen molar-refractivity contribution >= 4 is 46.1 Å². The van der Waals surface area contributed by atoms with E-state index in [-0.39, 0.29) is 0 Å². The highest BCUT2D eigenvalue weighted by Gasteiger charge is 2.12. The van der Waals surface area contributed by atoms with Crippen LogP contribution in [-0.2, 0) is 0 Å². The third-order valence-corrected chi connectivity index (χ3v) is 6.78. The van der Waals surface area contributed by atoms with E-state index in [1.807, 2.05) is 37.3 Å². The minimum atomic E-state index is 0.506. The molecule has 0 atom stereocenters. The number of nitrogens with zero attached hydrogens (tertiary/aromatic N) is 4. The van der Waals surface area contributed by atoms with Gasteiger partial charge in [0.25, 0.3) is 0 Å². The van der Waals surface area contributed by atoms with E-state index in [1.54, 1.807) is 0 Å². The van der Waals surface area contributed by atoms with E-state index in [0.717, 1.165) is 31.7 Å². The molecular formula is C25H40N8S2. The van der Waals surface area contributed by atoms with Crippen molar-refractivity contribution < 1.29 is 0 Å². The molecule has 0 spiro atoms. The SMILES string of the molecule is C/C(=N/NC(=S)NCCN1CCCCC1)C(=NNC(=S)NCCN1CCCCC1)c1ccccc1. The molecule has 1 aromatic carbocycles. The van der Waals surface area contributed by atoms with Gasteiger partial charge in [-0.3, -0.25) is 10.9 Å². The van der Waals surface area contributed by atoms with Gasteiger partial charge in [-0.2, -0.15) is 10.2 Å². The number of likely N-dealkylation sites (tertiary alicyclic amines) is 2. The van der Waals surface area contributed by atoms with Crippen molar-refractivity contribution in [3.8, 4) is 0 Å². The van der Waals surface area contributed by atoms with E-state index >= 15 is 0 Å². The van der Waals surface area contributed by atoms with Crippen LogP contribution in [0.25, 0.3) is 0 Å². The van der Waals surface area contributed by atoms with Crippen LogP contribution >= 0.6 is 24.4 Å². The summed E-state index contributed by atoms with van der Waals surface area (Å²) in [7, 11) is 0. The summed E-state index contributed by atoms with van der Waals surface area (Å²) in [5.41, 5.74) is 8.30. The number of piperidine rings is 2. The zero-order chi connectivity index (χ0) is 24.7. The maximum Gasteiger partial charge on any atom is 0.187 e. The molecule has 1 aromatic rings. The number of thiocarbonyl (C=S) groups is 2. The average molecular weight is 517 g/mol. The molecule has 192 valence electrons. The molecule has 2 aliphatic heterocycles. The molecule has 0 saturated carbocycles. The number of rotatable bonds is 10. The highest BCUT2D eigenvalue weighted by Crippen LogP contribution is 2.08. The topological polar surface area (TPSA) is 79.3 Å². The maximum atomic E-state index is 5.45. The Morgan fingerprint density at radius 3 is 1.74 bits per heavy atom. The van der Waals surface area contributed by atoms with Gasteiger partial charge < -0.3 is 20.4 Å². The van der Waals surface area contributed by atoms with Gasteiger partial charge >= 0.3 is 0 Å². The Kier molecular flexibility index (Phi) is 12.4. The first-order valence-corrected chi connectivity index (χ1v) is 13.6. The van der Waals surface area contributed by atoms with Crippen molar-refractivity contribution in [2.75, 3.05) is 52.4 Å². The molecule has 2 heterocycles. The van der Waals surface area contributed by atoms with Gasteiger partial charge in [0.2, 0.25) is 0 Å². The Bertz CT molecular complexity index is 846. The van der Waals surface area contributed by atoms with Gasteiger partial charge in [-0.05, 0) is 83.2 Å². The number of hydrogen-bond donors (Lipinski definition) is 4. The second kappa shape index (κ2) is 15.8. The molecule has 8 nitrogen and oxygen atoms in total. The zero-order valence-electron chi connectivity index (χ0n) is 20.9. The summed E-state index contributed by atoms with van der Waals surface area (Å²) in [5, 5.41) is 16.6. The van der Waals surface area contributed by atoms with Gasteiger partial charge in [-0.15, -0.1) is 0 Å². The zero-order valence-corrected chi connectivity index (χ0v) is 22.5. The van der Waals surface area contributed by atoms with Crippen LogP contribution in [0.4, 0.5) is 0 Å². The van der Waals surface area contributed by atoms with Crippen LogP contribution in [0.15, 0.2) is 40.5 Å². The molecular weight excluding hydrogens is 476 g/mol. The summed E-state index contributed by atoms with van der Waals surface area (Å²) in [6.07, 6.45) is 7.85. The molecule has 4 N–H and O–H groups in total. The van der Waals surface area contributed by atoms with Crippen LogP contribution in [0.5, 0.6) is 0 Å². The summed E-state index contributed by atoms with van der Waals surface area (Å²) in [6.45, 7) is 10.2. The third kappa shape index (κ3) is 10.6. The standard InChI is InChI=1S/C25H40N8S2/c1-21(28-30-24(34)26-13-19-32-15-7-3-8-16-32)23(22-11-5-2-6-12-22)29-31-25(35)27-14-20-33-17-9-4-10-18-33/h2,5-6,11-12H,3-4,7-10,13-20H2,1H3,(H2,26,30,34)(H2,27,31,35)/b28-21-,29-23?. The number of hydrazone groups is 2. The Balaban J connectivity index is 1.48. The van der Waals surface area contributed by atoms with Gasteiger partial charge in [-0.25, -0.2) is 0 Å². The lowest BCUT2D eigenvalue weighted by Crippen LogP contribution is -2.41. The Hall–Kier alpha value is -2.14. The molecule has 0 amide bonds. The predicted molar refractivity (Wildman–Crippen MR) is 154 cm³/mol. The molecule has 0 unspecified atom stereocenters. The molecule has 10 heteroatoms. The Morgan fingerprint density at radius 2 is 1.23 bits per heavy atom. The average Bonchev–Trinajstić information content (AvgIpc) is 2.89. The van der Waals surface area contributed by atoms with Crippen molar-refractivity contribution in [2.45, 2.75) is 45.4 Å². The van der Waals surface area contributed by atoms with Crippen molar-refractivity contribution in [1.29, 1.82) is 0 Å². The van der Waals surface area contributed by atoms with Crippen LogP contribution in [0.3, 0.4) is 0 Å². The van der Waals surface area contributed by atoms with Gasteiger partial charge in [0.05, 0.1) is 5.71 Å². The Labute approximate surface area is 221 Å². The number of benzene rings is 1. The number of hydrogen-bond acceptors (Lipinski definition) is 6. The smallest absolute Gasteiger partial charge is 0.187 e. The third-order valence-electron chi connectivity index (χ3n) is 6.31. The van der Waals surface area contributed by atoms with Gasteiger partial charge in [0, 0.05) is 31.7 Å². The lowest BCUT2D eigenvalue weighted by atomic mass is 10.1. The monoisotopic (exact) mass is 516 g/mol. The van der Waals surface area contributed by atoms with Crippen molar-refractivity contribution in [3.63, 3.8) is 0 Å². The fourth-order valence-corrected chi connectivity index (χ4v) is 4.64. The minimum Gasteiger partial charge on any atom is -0.360 e. The first-order chi connectivity index (χ1) is 17.1. The molecule has 2 aliphatic rings. The van der Waals surface area contributed by atoms with Crippen molar-refractivity contribution in [3.05, 3.63) is 35.9 Å². The van der Waals surface area contributed by atoms with E-state index in [9.17, 15) is 0 Å². The van der Waals surface area contributed by atoms with E-state index in [0.29, 0.717) is 21.6 Å².